The van der Waals surface area contributed by atoms with E-state index in [0.29, 0.717) is 26.0 Å². The van der Waals surface area contributed by atoms with Crippen LogP contribution in [0.15, 0.2) is 54.6 Å². The summed E-state index contributed by atoms with van der Waals surface area (Å²) in [5.74, 6) is 0.607. The molecule has 3 rings (SSSR count). The van der Waals surface area contributed by atoms with Crippen molar-refractivity contribution in [1.82, 2.24) is 5.32 Å². The van der Waals surface area contributed by atoms with E-state index in [1.54, 1.807) is 0 Å². The molecule has 1 fully saturated rings. The largest absolute Gasteiger partial charge is 0.489 e. The molecule has 24 heavy (non-hydrogen) atoms. The summed E-state index contributed by atoms with van der Waals surface area (Å²) < 4.78 is 5.80. The lowest BCUT2D eigenvalue weighted by molar-refractivity contribution is -0.131. The maximum atomic E-state index is 12.2. The molecule has 1 aliphatic carbocycles. The summed E-state index contributed by atoms with van der Waals surface area (Å²) in [5.41, 5.74) is 1.26. The number of nitrogens with one attached hydrogen (secondary N) is 1. The molecule has 122 valence electrons. The van der Waals surface area contributed by atoms with Gasteiger partial charge in [0.2, 0.25) is 5.91 Å². The van der Waals surface area contributed by atoms with Gasteiger partial charge in [0.15, 0.2) is 0 Å². The minimum absolute atomic E-state index is 0.160. The Kier molecular flexibility index (Phi) is 4.81. The molecule has 0 bridgehead atoms. The summed E-state index contributed by atoms with van der Waals surface area (Å²) in [5, 5.41) is 12.1. The lowest BCUT2D eigenvalue weighted by Gasteiger charge is -2.33. The molecule has 0 unspecified atom stereocenters. The number of nitriles is 1. The minimum atomic E-state index is -0.804. The SMILES string of the molecule is N#CC1(C(=O)NCc2cccc(OCc3ccccc3)c2)CCC1. The Balaban J connectivity index is 1.55. The van der Waals surface area contributed by atoms with Crippen molar-refractivity contribution in [2.75, 3.05) is 0 Å². The van der Waals surface area contributed by atoms with Gasteiger partial charge >= 0.3 is 0 Å². The molecule has 1 N–H and O–H groups in total. The zero-order valence-corrected chi connectivity index (χ0v) is 13.5. The van der Waals surface area contributed by atoms with Gasteiger partial charge in [0.1, 0.15) is 17.8 Å². The quantitative estimate of drug-likeness (QED) is 0.885. The van der Waals surface area contributed by atoms with E-state index in [0.717, 1.165) is 23.3 Å². The fourth-order valence-corrected chi connectivity index (χ4v) is 2.76. The van der Waals surface area contributed by atoms with Crippen molar-refractivity contribution in [2.24, 2.45) is 5.41 Å². The molecular weight excluding hydrogens is 300 g/mol. The van der Waals surface area contributed by atoms with Crippen molar-refractivity contribution in [3.63, 3.8) is 0 Å². The second-order valence-corrected chi connectivity index (χ2v) is 6.15. The fourth-order valence-electron chi connectivity index (χ4n) is 2.76. The van der Waals surface area contributed by atoms with Crippen LogP contribution in [-0.2, 0) is 17.9 Å². The maximum absolute atomic E-state index is 12.2. The Morgan fingerprint density at radius 1 is 1.12 bits per heavy atom. The number of benzene rings is 2. The summed E-state index contributed by atoms with van der Waals surface area (Å²) in [4.78, 5) is 12.2. The van der Waals surface area contributed by atoms with Crippen molar-refractivity contribution in [3.05, 3.63) is 65.7 Å². The molecule has 4 heteroatoms. The normalized spacial score (nSPS) is 15.0. The Labute approximate surface area is 142 Å². The number of rotatable bonds is 6. The Morgan fingerprint density at radius 3 is 2.54 bits per heavy atom. The molecule has 0 aliphatic heterocycles. The van der Waals surface area contributed by atoms with Crippen LogP contribution in [0.25, 0.3) is 0 Å². The van der Waals surface area contributed by atoms with Gasteiger partial charge in [0, 0.05) is 6.54 Å². The number of nitrogens with zero attached hydrogens (tertiary/aromatic N) is 1. The Morgan fingerprint density at radius 2 is 1.88 bits per heavy atom. The molecule has 0 saturated heterocycles. The van der Waals surface area contributed by atoms with E-state index in [1.165, 1.54) is 0 Å². The lowest BCUT2D eigenvalue weighted by atomic mass is 9.69. The highest BCUT2D eigenvalue weighted by Gasteiger charge is 2.44. The highest BCUT2D eigenvalue weighted by molar-refractivity contribution is 5.86. The first-order chi connectivity index (χ1) is 11.7. The molecule has 1 saturated carbocycles. The first kappa shape index (κ1) is 16.1. The van der Waals surface area contributed by atoms with E-state index in [-0.39, 0.29) is 5.91 Å². The Hall–Kier alpha value is -2.80. The van der Waals surface area contributed by atoms with Crippen LogP contribution in [0.1, 0.15) is 30.4 Å². The predicted molar refractivity (Wildman–Crippen MR) is 91.0 cm³/mol. The van der Waals surface area contributed by atoms with Crippen LogP contribution in [-0.4, -0.2) is 5.91 Å². The smallest absolute Gasteiger partial charge is 0.240 e. The number of hydrogen-bond acceptors (Lipinski definition) is 3. The van der Waals surface area contributed by atoms with Gasteiger partial charge in [-0.25, -0.2) is 0 Å². The van der Waals surface area contributed by atoms with Crippen LogP contribution in [0.5, 0.6) is 5.75 Å². The van der Waals surface area contributed by atoms with E-state index in [1.807, 2.05) is 54.6 Å². The van der Waals surface area contributed by atoms with Gasteiger partial charge in [-0.15, -0.1) is 0 Å². The number of carbonyl (C=O) groups is 1. The lowest BCUT2D eigenvalue weighted by Crippen LogP contribution is -2.44. The molecule has 0 heterocycles. The average Bonchev–Trinajstić information content (AvgIpc) is 2.59. The van der Waals surface area contributed by atoms with Crippen molar-refractivity contribution in [3.8, 4) is 11.8 Å². The van der Waals surface area contributed by atoms with Gasteiger partial charge in [-0.3, -0.25) is 4.79 Å². The molecular formula is C20H20N2O2. The van der Waals surface area contributed by atoms with Crippen LogP contribution >= 0.6 is 0 Å². The van der Waals surface area contributed by atoms with Gasteiger partial charge in [0.25, 0.3) is 0 Å². The zero-order chi connectivity index (χ0) is 16.8. The summed E-state index contributed by atoms with van der Waals surface area (Å²) in [6, 6.07) is 19.8. The highest BCUT2D eigenvalue weighted by Crippen LogP contribution is 2.40. The maximum Gasteiger partial charge on any atom is 0.240 e. The Bertz CT molecular complexity index is 746. The molecule has 4 nitrogen and oxygen atoms in total. The van der Waals surface area contributed by atoms with Gasteiger partial charge < -0.3 is 10.1 Å². The zero-order valence-electron chi connectivity index (χ0n) is 13.5. The van der Waals surface area contributed by atoms with Gasteiger partial charge in [-0.1, -0.05) is 42.5 Å². The van der Waals surface area contributed by atoms with Crippen LogP contribution in [0.2, 0.25) is 0 Å². The average molecular weight is 320 g/mol. The van der Waals surface area contributed by atoms with Crippen LogP contribution in [0.4, 0.5) is 0 Å². The molecule has 2 aromatic rings. The first-order valence-corrected chi connectivity index (χ1v) is 8.17. The summed E-state index contributed by atoms with van der Waals surface area (Å²) in [6.07, 6.45) is 2.27. The fraction of sp³-hybridized carbons (Fsp3) is 0.300. The number of hydrogen-bond donors (Lipinski definition) is 1. The summed E-state index contributed by atoms with van der Waals surface area (Å²) in [7, 11) is 0. The van der Waals surface area contributed by atoms with Crippen molar-refractivity contribution >= 4 is 5.91 Å². The van der Waals surface area contributed by atoms with Crippen molar-refractivity contribution in [2.45, 2.75) is 32.4 Å². The van der Waals surface area contributed by atoms with E-state index in [4.69, 9.17) is 4.74 Å². The summed E-state index contributed by atoms with van der Waals surface area (Å²) >= 11 is 0. The van der Waals surface area contributed by atoms with Crippen molar-refractivity contribution < 1.29 is 9.53 Å². The van der Waals surface area contributed by atoms with Gasteiger partial charge in [0.05, 0.1) is 6.07 Å². The number of carbonyl (C=O) groups excluding carboxylic acids is 1. The van der Waals surface area contributed by atoms with Gasteiger partial charge in [-0.2, -0.15) is 5.26 Å². The van der Waals surface area contributed by atoms with E-state index < -0.39 is 5.41 Å². The first-order valence-electron chi connectivity index (χ1n) is 8.17. The molecule has 2 aromatic carbocycles. The van der Waals surface area contributed by atoms with Crippen LogP contribution in [0, 0.1) is 16.7 Å². The standard InChI is InChI=1S/C20H20N2O2/c21-15-20(10-5-11-20)19(23)22-13-17-8-4-9-18(12-17)24-14-16-6-2-1-3-7-16/h1-4,6-9,12H,5,10-11,13-14H2,(H,22,23). The van der Waals surface area contributed by atoms with E-state index >= 15 is 0 Å². The van der Waals surface area contributed by atoms with Crippen molar-refractivity contribution in [1.29, 1.82) is 5.26 Å². The molecule has 0 radical (unpaired) electrons. The van der Waals surface area contributed by atoms with Crippen LogP contribution in [0.3, 0.4) is 0 Å². The van der Waals surface area contributed by atoms with E-state index in [9.17, 15) is 10.1 Å². The molecule has 1 amide bonds. The highest BCUT2D eigenvalue weighted by atomic mass is 16.5. The molecule has 0 spiro atoms. The van der Waals surface area contributed by atoms with E-state index in [2.05, 4.69) is 11.4 Å². The van der Waals surface area contributed by atoms with Gasteiger partial charge in [-0.05, 0) is 42.5 Å². The molecule has 0 atom stereocenters. The second-order valence-electron chi connectivity index (χ2n) is 6.15. The number of ether oxygens (including phenoxy) is 1. The monoisotopic (exact) mass is 320 g/mol. The third-order valence-corrected chi connectivity index (χ3v) is 4.46. The molecule has 1 aliphatic rings. The summed E-state index contributed by atoms with van der Waals surface area (Å²) in [6.45, 7) is 0.916. The second kappa shape index (κ2) is 7.18. The third-order valence-electron chi connectivity index (χ3n) is 4.46. The topological polar surface area (TPSA) is 62.1 Å². The predicted octanol–water partition coefficient (Wildman–Crippen LogP) is 3.58. The minimum Gasteiger partial charge on any atom is -0.489 e. The third kappa shape index (κ3) is 3.57. The van der Waals surface area contributed by atoms with Crippen LogP contribution < -0.4 is 10.1 Å². The molecule has 0 aromatic heterocycles. The number of amides is 1.